The predicted molar refractivity (Wildman–Crippen MR) is 272 cm³/mol. The number of carbonyl (C=O) groups excluding carboxylic acids is 5. The lowest BCUT2D eigenvalue weighted by atomic mass is 10.1. The van der Waals surface area contributed by atoms with Crippen LogP contribution in [0.1, 0.15) is 194 Å². The van der Waals surface area contributed by atoms with Gasteiger partial charge in [0.2, 0.25) is 0 Å². The topological polar surface area (TPSA) is 141 Å². The van der Waals surface area contributed by atoms with Crippen molar-refractivity contribution in [3.05, 3.63) is 143 Å². The van der Waals surface area contributed by atoms with Crippen molar-refractivity contribution in [3.63, 3.8) is 0 Å². The average Bonchev–Trinajstić information content (AvgIpc) is 3.38. The summed E-state index contributed by atoms with van der Waals surface area (Å²) in [5.74, 6) is -0.990. The molecular formula is C59H70O11. The second kappa shape index (κ2) is 31.4. The summed E-state index contributed by atoms with van der Waals surface area (Å²) in [6, 6.07) is 29.2. The number of hydrogen-bond donors (Lipinski definition) is 0. The van der Waals surface area contributed by atoms with Gasteiger partial charge < -0.3 is 28.4 Å². The maximum atomic E-state index is 13.1. The van der Waals surface area contributed by atoms with Crippen LogP contribution in [0.4, 0.5) is 0 Å². The molecule has 11 heteroatoms. The fourth-order valence-electron chi connectivity index (χ4n) is 7.67. The fourth-order valence-corrected chi connectivity index (χ4v) is 7.67. The second-order valence-electron chi connectivity index (χ2n) is 17.5. The third kappa shape index (κ3) is 19.7. The Morgan fingerprint density at radius 3 is 0.971 bits per heavy atom. The Kier molecular flexibility index (Phi) is 24.3. The molecule has 0 saturated carbocycles. The van der Waals surface area contributed by atoms with E-state index in [1.807, 2.05) is 0 Å². The maximum Gasteiger partial charge on any atom is 0.343 e. The van der Waals surface area contributed by atoms with Crippen LogP contribution >= 0.6 is 0 Å². The summed E-state index contributed by atoms with van der Waals surface area (Å²) < 4.78 is 33.8. The highest BCUT2D eigenvalue weighted by atomic mass is 16.6. The van der Waals surface area contributed by atoms with E-state index >= 15 is 0 Å². The fraction of sp³-hybridized carbons (Fsp3) is 0.407. The first-order chi connectivity index (χ1) is 34.3. The Balaban J connectivity index is 1.01. The molecule has 0 amide bonds. The summed E-state index contributed by atoms with van der Waals surface area (Å²) in [6.45, 7) is 5.72. The summed E-state index contributed by atoms with van der Waals surface area (Å²) >= 11 is 0. The maximum absolute atomic E-state index is 13.1. The van der Waals surface area contributed by atoms with Gasteiger partial charge in [-0.1, -0.05) is 129 Å². The minimum absolute atomic E-state index is 0.0146. The summed E-state index contributed by atoms with van der Waals surface area (Å²) in [5, 5.41) is 0. The van der Waals surface area contributed by atoms with E-state index in [2.05, 4.69) is 13.8 Å². The van der Waals surface area contributed by atoms with Gasteiger partial charge in [0, 0.05) is 6.07 Å². The van der Waals surface area contributed by atoms with Crippen LogP contribution in [0.3, 0.4) is 0 Å². The molecule has 5 rings (SSSR count). The molecule has 0 heterocycles. The Bertz CT molecular complexity index is 2340. The van der Waals surface area contributed by atoms with Gasteiger partial charge in [0.05, 0.1) is 41.0 Å². The van der Waals surface area contributed by atoms with Crippen LogP contribution in [-0.4, -0.2) is 43.4 Å². The van der Waals surface area contributed by atoms with E-state index in [1.165, 1.54) is 169 Å². The summed E-state index contributed by atoms with van der Waals surface area (Å²) in [7, 11) is 0. The van der Waals surface area contributed by atoms with Crippen molar-refractivity contribution in [1.29, 1.82) is 0 Å². The Morgan fingerprint density at radius 2 is 0.629 bits per heavy atom. The lowest BCUT2D eigenvalue weighted by Gasteiger charge is -2.11. The molecule has 372 valence electrons. The number of ether oxygens (including phenoxy) is 6. The molecule has 11 nitrogen and oxygen atoms in total. The third-order valence-corrected chi connectivity index (χ3v) is 11.8. The first-order valence-corrected chi connectivity index (χ1v) is 25.4. The van der Waals surface area contributed by atoms with Gasteiger partial charge in [0.25, 0.3) is 0 Å². The highest BCUT2D eigenvalue weighted by Gasteiger charge is 2.17. The van der Waals surface area contributed by atoms with Crippen molar-refractivity contribution in [2.75, 3.05) is 13.2 Å². The van der Waals surface area contributed by atoms with Gasteiger partial charge in [0.1, 0.15) is 34.5 Å². The van der Waals surface area contributed by atoms with Gasteiger partial charge in [-0.2, -0.15) is 0 Å². The van der Waals surface area contributed by atoms with Crippen LogP contribution in [0.25, 0.3) is 0 Å². The predicted octanol–water partition coefficient (Wildman–Crippen LogP) is 15.0. The van der Waals surface area contributed by atoms with Gasteiger partial charge >= 0.3 is 23.9 Å². The lowest BCUT2D eigenvalue weighted by molar-refractivity contribution is 0.0722. The molecule has 0 saturated heterocycles. The standard InChI is InChI=1S/C59H70O11/c1-3-5-7-9-11-13-15-17-19-21-41-65-50-32-23-45(24-33-50)56(61)67-52-36-27-47(28-37-52)58(63)69-54-40-31-49(44-60)55(43-54)70-59(64)48-29-38-53(39-30-48)68-57(62)46-25-34-51(35-26-46)66-42-22-20-18-16-14-12-10-8-6-4-2/h23-40,43-44H,3-22,41-42H2,1-2H3. The molecule has 0 aliphatic heterocycles. The van der Waals surface area contributed by atoms with Crippen LogP contribution in [0.2, 0.25) is 0 Å². The zero-order valence-corrected chi connectivity index (χ0v) is 41.1. The second-order valence-corrected chi connectivity index (χ2v) is 17.5. The molecule has 0 radical (unpaired) electrons. The zero-order valence-electron chi connectivity index (χ0n) is 41.1. The van der Waals surface area contributed by atoms with E-state index in [9.17, 15) is 24.0 Å². The minimum atomic E-state index is -0.799. The largest absolute Gasteiger partial charge is 0.494 e. The van der Waals surface area contributed by atoms with Crippen LogP contribution in [0, 0.1) is 0 Å². The van der Waals surface area contributed by atoms with Crippen molar-refractivity contribution in [2.24, 2.45) is 0 Å². The number of unbranched alkanes of at least 4 members (excludes halogenated alkanes) is 18. The van der Waals surface area contributed by atoms with Crippen molar-refractivity contribution >= 4 is 30.2 Å². The number of benzene rings is 5. The van der Waals surface area contributed by atoms with E-state index in [0.29, 0.717) is 42.1 Å². The highest BCUT2D eigenvalue weighted by Crippen LogP contribution is 2.27. The molecule has 5 aromatic carbocycles. The molecule has 5 aromatic rings. The first kappa shape index (κ1) is 54.2. The quantitative estimate of drug-likeness (QED) is 0.0172. The van der Waals surface area contributed by atoms with Crippen LogP contribution in [-0.2, 0) is 0 Å². The summed E-state index contributed by atoms with van der Waals surface area (Å²) in [6.07, 6.45) is 25.6. The SMILES string of the molecule is CCCCCCCCCCCCOc1ccc(C(=O)Oc2ccc(C(=O)Oc3ccc(C=O)c(OC(=O)c4ccc(OC(=O)c5ccc(OCCCCCCCCCCCC)cc5)cc4)c3)cc2)cc1. The molecule has 0 aliphatic carbocycles. The van der Waals surface area contributed by atoms with E-state index in [1.54, 1.807) is 48.5 Å². The molecule has 0 unspecified atom stereocenters. The molecule has 0 N–H and O–H groups in total. The number of esters is 4. The van der Waals surface area contributed by atoms with Crippen molar-refractivity contribution < 1.29 is 52.4 Å². The normalized spacial score (nSPS) is 10.8. The van der Waals surface area contributed by atoms with Crippen molar-refractivity contribution in [1.82, 2.24) is 0 Å². The molecule has 0 fully saturated rings. The Labute approximate surface area is 414 Å². The monoisotopic (exact) mass is 954 g/mol. The molecule has 0 bridgehead atoms. The van der Waals surface area contributed by atoms with Crippen LogP contribution < -0.4 is 28.4 Å². The third-order valence-electron chi connectivity index (χ3n) is 11.8. The average molecular weight is 955 g/mol. The molecule has 70 heavy (non-hydrogen) atoms. The Hall–Kier alpha value is -6.75. The van der Waals surface area contributed by atoms with Crippen molar-refractivity contribution in [2.45, 2.75) is 142 Å². The Morgan fingerprint density at radius 1 is 0.343 bits per heavy atom. The van der Waals surface area contributed by atoms with E-state index in [4.69, 9.17) is 28.4 Å². The number of aldehydes is 1. The summed E-state index contributed by atoms with van der Waals surface area (Å²) in [5.41, 5.74) is 1.01. The van der Waals surface area contributed by atoms with Gasteiger partial charge in [0.15, 0.2) is 6.29 Å². The highest BCUT2D eigenvalue weighted by molar-refractivity contribution is 5.95. The van der Waals surface area contributed by atoms with Gasteiger partial charge in [-0.05, 0) is 122 Å². The van der Waals surface area contributed by atoms with Gasteiger partial charge in [-0.15, -0.1) is 0 Å². The smallest absolute Gasteiger partial charge is 0.343 e. The van der Waals surface area contributed by atoms with E-state index < -0.39 is 23.9 Å². The molecule has 0 spiro atoms. The van der Waals surface area contributed by atoms with Crippen LogP contribution in [0.15, 0.2) is 115 Å². The van der Waals surface area contributed by atoms with Gasteiger partial charge in [-0.25, -0.2) is 19.2 Å². The van der Waals surface area contributed by atoms with Gasteiger partial charge in [-0.3, -0.25) is 4.79 Å². The first-order valence-electron chi connectivity index (χ1n) is 25.4. The number of rotatable bonds is 33. The molecule has 0 aromatic heterocycles. The summed E-state index contributed by atoms with van der Waals surface area (Å²) in [4.78, 5) is 63.7. The van der Waals surface area contributed by atoms with E-state index in [0.717, 1.165) is 25.7 Å². The molecule has 0 aliphatic rings. The number of carbonyl (C=O) groups is 5. The van der Waals surface area contributed by atoms with Crippen molar-refractivity contribution in [3.8, 4) is 34.5 Å². The zero-order chi connectivity index (χ0) is 49.6. The molecular weight excluding hydrogens is 885 g/mol. The minimum Gasteiger partial charge on any atom is -0.494 e. The van der Waals surface area contributed by atoms with E-state index in [-0.39, 0.29) is 39.7 Å². The molecule has 0 atom stereocenters. The number of hydrogen-bond acceptors (Lipinski definition) is 11. The van der Waals surface area contributed by atoms with Crippen LogP contribution in [0.5, 0.6) is 34.5 Å². The lowest BCUT2D eigenvalue weighted by Crippen LogP contribution is -2.12.